The van der Waals surface area contributed by atoms with Crippen molar-refractivity contribution >= 4 is 88.9 Å². The molecule has 91 heavy (non-hydrogen) atoms. The number of aliphatic hydroxyl groups excluding tert-OH is 1. The smallest absolute Gasteiger partial charge is 0.326 e. The van der Waals surface area contributed by atoms with E-state index in [1.165, 1.54) is 18.7 Å². The monoisotopic (exact) mass is 1300 g/mol. The molecule has 0 aromatic heterocycles. The van der Waals surface area contributed by atoms with Crippen molar-refractivity contribution < 1.29 is 68.1 Å². The Hall–Kier alpha value is -8.91. The van der Waals surface area contributed by atoms with Gasteiger partial charge in [0, 0.05) is 39.1 Å². The van der Waals surface area contributed by atoms with Crippen molar-refractivity contribution in [2.75, 3.05) is 45.8 Å². The zero-order valence-corrected chi connectivity index (χ0v) is 51.9. The molecule has 1 rings (SSSR count). The fourth-order valence-corrected chi connectivity index (χ4v) is 9.14. The van der Waals surface area contributed by atoms with E-state index in [-0.39, 0.29) is 140 Å². The summed E-state index contributed by atoms with van der Waals surface area (Å²) in [5.74, 6) is -11.8. The number of aliphatic carboxylic acids is 2. The van der Waals surface area contributed by atoms with Crippen LogP contribution in [-0.4, -0.2) is 221 Å². The van der Waals surface area contributed by atoms with Gasteiger partial charge in [0.1, 0.15) is 60.4 Å². The van der Waals surface area contributed by atoms with Crippen LogP contribution in [0, 0.1) is 0 Å². The van der Waals surface area contributed by atoms with Crippen molar-refractivity contribution in [2.45, 2.75) is 196 Å². The molecule has 0 radical (unpaired) electrons. The number of guanidine groups is 4. The molecule has 1 aliphatic heterocycles. The van der Waals surface area contributed by atoms with Crippen LogP contribution in [0.1, 0.15) is 129 Å². The normalized spacial score (nSPS) is 15.9. The summed E-state index contributed by atoms with van der Waals surface area (Å²) >= 11 is 0. The number of nitrogens with zero attached hydrogens (tertiary/aromatic N) is 5. The SMILES string of the molecule is C[C@H](NC(=O)[C@H](CCCN=C(N)N)NC(=O)[C@H](CCC(=O)O)NC(=O)[C@H](CCCN=C(N)N)NC(=O)[C@@H]1CCCN1C(=O)[C@@H](N)[C@@H](C)O)C(=O)N[C@@H](CCCN=C(N)N)C(=O)N[C@@H](CCCCN)C(=O)N[C@@H](CCCCN)C(=O)N[C@@H](CCCN=C(N)N)C(=O)O. The first kappa shape index (κ1) is 80.1. The van der Waals surface area contributed by atoms with Gasteiger partial charge in [0.15, 0.2) is 23.8 Å². The second-order valence-corrected chi connectivity index (χ2v) is 21.7. The molecule has 33 N–H and O–H groups in total. The van der Waals surface area contributed by atoms with Gasteiger partial charge in [-0.25, -0.2) is 4.79 Å². The minimum absolute atomic E-state index is 0.0104. The maximum Gasteiger partial charge on any atom is 0.326 e. The number of unbranched alkanes of at least 4 members (excludes halogenated alkanes) is 2. The number of carbonyl (C=O) groups is 11. The van der Waals surface area contributed by atoms with E-state index in [1.807, 2.05) is 0 Å². The molecule has 1 saturated heterocycles. The molecule has 1 fully saturated rings. The molecule has 1 heterocycles. The zero-order valence-electron chi connectivity index (χ0n) is 51.9. The highest BCUT2D eigenvalue weighted by Gasteiger charge is 2.40. The fourth-order valence-electron chi connectivity index (χ4n) is 9.14. The third-order valence-electron chi connectivity index (χ3n) is 14.1. The molecule has 0 saturated carbocycles. The number of carboxylic acids is 2. The van der Waals surface area contributed by atoms with Crippen LogP contribution in [0.3, 0.4) is 0 Å². The van der Waals surface area contributed by atoms with Crippen molar-refractivity contribution in [3.63, 3.8) is 0 Å². The summed E-state index contributed by atoms with van der Waals surface area (Å²) in [6.45, 7) is 3.11. The number of carboxylic acid groups (broad SMARTS) is 2. The molecular weight excluding hydrogens is 1200 g/mol. The van der Waals surface area contributed by atoms with E-state index in [4.69, 9.17) is 63.1 Å². The Kier molecular flexibility index (Phi) is 38.5. The van der Waals surface area contributed by atoms with Crippen LogP contribution in [0.5, 0.6) is 0 Å². The lowest BCUT2D eigenvalue weighted by atomic mass is 10.0. The minimum Gasteiger partial charge on any atom is -0.481 e. The first-order chi connectivity index (χ1) is 42.9. The molecule has 0 aromatic rings. The van der Waals surface area contributed by atoms with Gasteiger partial charge >= 0.3 is 11.9 Å². The number of nitrogens with one attached hydrogen (secondary N) is 8. The van der Waals surface area contributed by atoms with Gasteiger partial charge in [-0.2, -0.15) is 0 Å². The molecular formula is C53H100N24O14. The van der Waals surface area contributed by atoms with Gasteiger partial charge in [-0.1, -0.05) is 0 Å². The Morgan fingerprint density at radius 2 is 0.769 bits per heavy atom. The minimum atomic E-state index is -1.69. The van der Waals surface area contributed by atoms with Crippen LogP contribution in [0.15, 0.2) is 20.0 Å². The number of carbonyl (C=O) groups excluding carboxylic acids is 9. The number of nitrogens with two attached hydrogens (primary N) is 11. The van der Waals surface area contributed by atoms with Crippen LogP contribution >= 0.6 is 0 Å². The van der Waals surface area contributed by atoms with Gasteiger partial charge in [0.25, 0.3) is 0 Å². The molecule has 9 amide bonds. The number of likely N-dealkylation sites (tertiary alicyclic amines) is 1. The Labute approximate surface area is 527 Å². The molecule has 11 atom stereocenters. The Balaban J connectivity index is 3.62. The zero-order chi connectivity index (χ0) is 68.8. The predicted octanol–water partition coefficient (Wildman–Crippen LogP) is -8.99. The summed E-state index contributed by atoms with van der Waals surface area (Å²) in [6.07, 6.45) is -0.666. The number of hydrogen-bond acceptors (Lipinski definition) is 19. The van der Waals surface area contributed by atoms with Crippen molar-refractivity contribution in [3.8, 4) is 0 Å². The number of rotatable bonds is 46. The van der Waals surface area contributed by atoms with E-state index in [2.05, 4.69) is 62.5 Å². The Bertz CT molecular complexity index is 2510. The number of hydrogen-bond donors (Lipinski definition) is 22. The average molecular weight is 1300 g/mol. The van der Waals surface area contributed by atoms with E-state index in [0.717, 1.165) is 0 Å². The standard InChI is InChI=1S/C53H100N24O14/c1-28(40(81)70-33(15-8-24-66-51(59)60)43(84)71-30(12-3-5-21-54)42(83)72-31(13-4-6-22-55)45(86)76-36(49(90)91)17-10-26-68-53(63)64)69-41(82)32(14-7-23-65-50(57)58)73-46(87)35(19-20-38(79)80)74-44(85)34(16-9-25-67-52(61)62)75-47(88)37-18-11-27-77(37)48(89)39(56)29(2)78/h28-37,39,78H,3-27,54-56H2,1-2H3,(H,69,82)(H,70,81)(H,71,84)(H,72,83)(H,73,87)(H,74,85)(H,75,88)(H,76,86)(H,79,80)(H,90,91)(H4,57,58,65)(H4,59,60,66)(H4,61,62,67)(H4,63,64,68)/t28-,29+,30-,31-,32-,33-,34-,35-,36-,37-,39-/m0/s1. The molecule has 0 unspecified atom stereocenters. The van der Waals surface area contributed by atoms with Crippen molar-refractivity contribution in [1.29, 1.82) is 0 Å². The second-order valence-electron chi connectivity index (χ2n) is 21.7. The molecule has 38 nitrogen and oxygen atoms in total. The molecule has 0 aliphatic carbocycles. The highest BCUT2D eigenvalue weighted by Crippen LogP contribution is 2.20. The highest BCUT2D eigenvalue weighted by molar-refractivity contribution is 5.99. The Morgan fingerprint density at radius 1 is 0.451 bits per heavy atom. The largest absolute Gasteiger partial charge is 0.481 e. The van der Waals surface area contributed by atoms with Gasteiger partial charge in [0.2, 0.25) is 53.2 Å². The maximum atomic E-state index is 14.3. The van der Waals surface area contributed by atoms with Crippen LogP contribution in [0.25, 0.3) is 0 Å². The number of amides is 9. The summed E-state index contributed by atoms with van der Waals surface area (Å²) in [5.41, 5.74) is 61.1. The van der Waals surface area contributed by atoms with Crippen molar-refractivity contribution in [3.05, 3.63) is 0 Å². The van der Waals surface area contributed by atoms with E-state index < -0.39 is 144 Å². The van der Waals surface area contributed by atoms with Gasteiger partial charge in [0.05, 0.1) is 6.10 Å². The second kappa shape index (κ2) is 43.7. The lowest BCUT2D eigenvalue weighted by molar-refractivity contribution is -0.142. The van der Waals surface area contributed by atoms with Gasteiger partial charge in [-0.3, -0.25) is 67.9 Å². The van der Waals surface area contributed by atoms with Gasteiger partial charge in [-0.05, 0) is 136 Å². The predicted molar refractivity (Wildman–Crippen MR) is 335 cm³/mol. The number of aliphatic hydroxyl groups is 1. The average Bonchev–Trinajstić information content (AvgIpc) is 1.91. The number of aliphatic imine (C=N–C) groups is 4. The first-order valence-corrected chi connectivity index (χ1v) is 30.2. The quantitative estimate of drug-likeness (QED) is 0.0153. The van der Waals surface area contributed by atoms with Crippen LogP contribution in [-0.2, 0) is 52.7 Å². The summed E-state index contributed by atoms with van der Waals surface area (Å²) in [4.78, 5) is 167. The van der Waals surface area contributed by atoms with Crippen LogP contribution < -0.4 is 106 Å². The molecule has 0 spiro atoms. The maximum absolute atomic E-state index is 14.3. The van der Waals surface area contributed by atoms with Gasteiger partial charge < -0.3 is 126 Å². The molecule has 38 heteroatoms. The third-order valence-corrected chi connectivity index (χ3v) is 14.1. The highest BCUT2D eigenvalue weighted by atomic mass is 16.4. The van der Waals surface area contributed by atoms with E-state index in [9.17, 15) is 68.1 Å². The van der Waals surface area contributed by atoms with Gasteiger partial charge in [-0.15, -0.1) is 0 Å². The molecule has 1 aliphatic rings. The summed E-state index contributed by atoms with van der Waals surface area (Å²) in [7, 11) is 0. The molecule has 0 aromatic carbocycles. The van der Waals surface area contributed by atoms with E-state index in [1.54, 1.807) is 0 Å². The lowest BCUT2D eigenvalue weighted by Gasteiger charge is -2.29. The topological polar surface area (TPSA) is 684 Å². The third kappa shape index (κ3) is 32.9. The first-order valence-electron chi connectivity index (χ1n) is 30.2. The molecule has 0 bridgehead atoms. The summed E-state index contributed by atoms with van der Waals surface area (Å²) in [6, 6.07) is -14.1. The molecule has 516 valence electrons. The van der Waals surface area contributed by atoms with Crippen LogP contribution in [0.4, 0.5) is 0 Å². The lowest BCUT2D eigenvalue weighted by Crippen LogP contribution is -2.60. The Morgan fingerprint density at radius 3 is 1.11 bits per heavy atom. The fraction of sp³-hybridized carbons (Fsp3) is 0.717. The van der Waals surface area contributed by atoms with E-state index >= 15 is 0 Å². The van der Waals surface area contributed by atoms with E-state index in [0.29, 0.717) is 32.1 Å². The van der Waals surface area contributed by atoms with Crippen LogP contribution in [0.2, 0.25) is 0 Å². The van der Waals surface area contributed by atoms with Crippen molar-refractivity contribution in [1.82, 2.24) is 47.4 Å². The summed E-state index contributed by atoms with van der Waals surface area (Å²) < 4.78 is 0. The van der Waals surface area contributed by atoms with Crippen molar-refractivity contribution in [2.24, 2.45) is 83.0 Å². The summed E-state index contributed by atoms with van der Waals surface area (Å²) in [5, 5.41) is 49.9.